The minimum Gasteiger partial charge on any atom is -0.368 e. The smallest absolute Gasteiger partial charge is 0.255 e. The molecule has 2 N–H and O–H groups in total. The molecule has 0 atom stereocenters. The number of nitrogen functional groups attached to an aromatic ring is 1. The van der Waals surface area contributed by atoms with E-state index in [0.29, 0.717) is 11.8 Å². The van der Waals surface area contributed by atoms with Gasteiger partial charge in [0.1, 0.15) is 0 Å². The quantitative estimate of drug-likeness (QED) is 0.707. The standard InChI is InChI=1S/C11H9N7/c12-10-15-9(8-3-1-4-13-7-8)16-11(17-10)18-6-2-5-14-18/h1-7H,(H2,12,15,16,17). The van der Waals surface area contributed by atoms with E-state index in [4.69, 9.17) is 5.73 Å². The fourth-order valence-corrected chi connectivity index (χ4v) is 1.49. The lowest BCUT2D eigenvalue weighted by atomic mass is 10.3. The molecular formula is C11H9N7. The molecular weight excluding hydrogens is 230 g/mol. The molecule has 0 saturated heterocycles. The van der Waals surface area contributed by atoms with Crippen molar-refractivity contribution in [2.75, 3.05) is 5.73 Å². The Morgan fingerprint density at radius 3 is 2.72 bits per heavy atom. The number of nitrogens with zero attached hydrogens (tertiary/aromatic N) is 6. The van der Waals surface area contributed by atoms with Gasteiger partial charge >= 0.3 is 0 Å². The van der Waals surface area contributed by atoms with Gasteiger partial charge in [-0.2, -0.15) is 20.1 Å². The van der Waals surface area contributed by atoms with Crippen molar-refractivity contribution in [3.63, 3.8) is 0 Å². The van der Waals surface area contributed by atoms with Crippen molar-refractivity contribution in [1.29, 1.82) is 0 Å². The molecule has 88 valence electrons. The minimum absolute atomic E-state index is 0.148. The van der Waals surface area contributed by atoms with E-state index in [-0.39, 0.29) is 5.95 Å². The maximum Gasteiger partial charge on any atom is 0.255 e. The summed E-state index contributed by atoms with van der Waals surface area (Å²) in [5.74, 6) is 1.00. The summed E-state index contributed by atoms with van der Waals surface area (Å²) in [6, 6.07) is 5.45. The molecule has 7 nitrogen and oxygen atoms in total. The fraction of sp³-hybridized carbons (Fsp3) is 0. The van der Waals surface area contributed by atoms with Gasteiger partial charge in [0.15, 0.2) is 5.82 Å². The van der Waals surface area contributed by atoms with E-state index in [1.165, 1.54) is 4.68 Å². The van der Waals surface area contributed by atoms with Gasteiger partial charge in [-0.05, 0) is 18.2 Å². The Hall–Kier alpha value is -2.83. The van der Waals surface area contributed by atoms with Gasteiger partial charge in [0.25, 0.3) is 5.95 Å². The molecule has 18 heavy (non-hydrogen) atoms. The van der Waals surface area contributed by atoms with Crippen LogP contribution in [-0.4, -0.2) is 29.7 Å². The third-order valence-corrected chi connectivity index (χ3v) is 2.27. The van der Waals surface area contributed by atoms with Gasteiger partial charge in [0.2, 0.25) is 5.95 Å². The normalized spacial score (nSPS) is 10.4. The van der Waals surface area contributed by atoms with Crippen molar-refractivity contribution in [1.82, 2.24) is 29.7 Å². The number of nitrogens with two attached hydrogens (primary N) is 1. The zero-order valence-electron chi connectivity index (χ0n) is 9.30. The molecule has 3 aromatic heterocycles. The van der Waals surface area contributed by atoms with Crippen LogP contribution >= 0.6 is 0 Å². The first-order chi connectivity index (χ1) is 8.83. The van der Waals surface area contributed by atoms with Crippen LogP contribution in [0.15, 0.2) is 43.0 Å². The zero-order chi connectivity index (χ0) is 12.4. The molecule has 3 rings (SSSR count). The first-order valence-electron chi connectivity index (χ1n) is 5.25. The second-order valence-corrected chi connectivity index (χ2v) is 3.51. The molecule has 3 aromatic rings. The van der Waals surface area contributed by atoms with Gasteiger partial charge in [-0.25, -0.2) is 4.68 Å². The molecule has 7 heteroatoms. The molecule has 0 saturated carbocycles. The molecule has 0 unspecified atom stereocenters. The molecule has 0 radical (unpaired) electrons. The highest BCUT2D eigenvalue weighted by molar-refractivity contribution is 5.54. The highest BCUT2D eigenvalue weighted by Gasteiger charge is 2.08. The molecule has 0 aliphatic rings. The monoisotopic (exact) mass is 239 g/mol. The molecule has 0 fully saturated rings. The van der Waals surface area contributed by atoms with Crippen molar-refractivity contribution in [2.45, 2.75) is 0 Å². The molecule has 0 bridgehead atoms. The maximum absolute atomic E-state index is 5.68. The zero-order valence-corrected chi connectivity index (χ0v) is 9.30. The van der Waals surface area contributed by atoms with E-state index < -0.39 is 0 Å². The molecule has 0 aromatic carbocycles. The van der Waals surface area contributed by atoms with Crippen LogP contribution in [-0.2, 0) is 0 Å². The van der Waals surface area contributed by atoms with Gasteiger partial charge in [-0.15, -0.1) is 0 Å². The van der Waals surface area contributed by atoms with Crippen molar-refractivity contribution < 1.29 is 0 Å². The van der Waals surface area contributed by atoms with Crippen LogP contribution < -0.4 is 5.73 Å². The predicted molar refractivity (Wildman–Crippen MR) is 64.6 cm³/mol. The van der Waals surface area contributed by atoms with Crippen LogP contribution in [0.5, 0.6) is 0 Å². The van der Waals surface area contributed by atoms with Gasteiger partial charge in [0.05, 0.1) is 0 Å². The highest BCUT2D eigenvalue weighted by Crippen LogP contribution is 2.14. The Morgan fingerprint density at radius 1 is 1.06 bits per heavy atom. The van der Waals surface area contributed by atoms with E-state index >= 15 is 0 Å². The van der Waals surface area contributed by atoms with Crippen molar-refractivity contribution in [3.8, 4) is 17.3 Å². The van der Waals surface area contributed by atoms with Crippen LogP contribution in [0.4, 0.5) is 5.95 Å². The first-order valence-corrected chi connectivity index (χ1v) is 5.25. The largest absolute Gasteiger partial charge is 0.368 e. The van der Waals surface area contributed by atoms with E-state index in [1.54, 1.807) is 30.9 Å². The molecule has 0 amide bonds. The second kappa shape index (κ2) is 4.21. The summed E-state index contributed by atoms with van der Waals surface area (Å²) in [7, 11) is 0. The number of aromatic nitrogens is 6. The topological polar surface area (TPSA) is 95.4 Å². The van der Waals surface area contributed by atoms with Crippen molar-refractivity contribution in [3.05, 3.63) is 43.0 Å². The Kier molecular flexibility index (Phi) is 2.41. The molecule has 0 aliphatic carbocycles. The average molecular weight is 239 g/mol. The predicted octanol–water partition coefficient (Wildman–Crippen LogP) is 0.701. The molecule has 0 spiro atoms. The Bertz CT molecular complexity index is 648. The van der Waals surface area contributed by atoms with Gasteiger partial charge in [-0.3, -0.25) is 4.98 Å². The van der Waals surface area contributed by atoms with Gasteiger partial charge < -0.3 is 5.73 Å². The van der Waals surface area contributed by atoms with E-state index in [0.717, 1.165) is 5.56 Å². The van der Waals surface area contributed by atoms with Gasteiger partial charge in [0, 0.05) is 30.4 Å². The summed E-state index contributed by atoms with van der Waals surface area (Å²) < 4.78 is 1.53. The summed E-state index contributed by atoms with van der Waals surface area (Å²) in [5, 5.41) is 4.06. The summed E-state index contributed by atoms with van der Waals surface area (Å²) in [6.07, 6.45) is 6.73. The van der Waals surface area contributed by atoms with E-state index in [1.807, 2.05) is 12.1 Å². The van der Waals surface area contributed by atoms with Crippen LogP contribution in [0, 0.1) is 0 Å². The number of hydrogen-bond acceptors (Lipinski definition) is 6. The van der Waals surface area contributed by atoms with E-state index in [2.05, 4.69) is 25.0 Å². The lowest BCUT2D eigenvalue weighted by molar-refractivity contribution is 0.801. The summed E-state index contributed by atoms with van der Waals surface area (Å²) in [6.45, 7) is 0. The van der Waals surface area contributed by atoms with Crippen LogP contribution in [0.1, 0.15) is 0 Å². The third kappa shape index (κ3) is 1.88. The van der Waals surface area contributed by atoms with Crippen molar-refractivity contribution >= 4 is 5.95 Å². The van der Waals surface area contributed by atoms with Crippen molar-refractivity contribution in [2.24, 2.45) is 0 Å². The number of rotatable bonds is 2. The van der Waals surface area contributed by atoms with Crippen LogP contribution in [0.3, 0.4) is 0 Å². The SMILES string of the molecule is Nc1nc(-c2cccnc2)nc(-n2cccn2)n1. The van der Waals surface area contributed by atoms with Crippen LogP contribution in [0.25, 0.3) is 17.3 Å². The lowest BCUT2D eigenvalue weighted by Crippen LogP contribution is -2.08. The number of hydrogen-bond donors (Lipinski definition) is 1. The lowest BCUT2D eigenvalue weighted by Gasteiger charge is -2.04. The highest BCUT2D eigenvalue weighted by atomic mass is 15.4. The number of anilines is 1. The Balaban J connectivity index is 2.12. The minimum atomic E-state index is 0.148. The summed E-state index contributed by atoms with van der Waals surface area (Å²) in [4.78, 5) is 16.4. The number of pyridine rings is 1. The average Bonchev–Trinajstić information content (AvgIpc) is 2.93. The summed E-state index contributed by atoms with van der Waals surface area (Å²) in [5.41, 5.74) is 6.46. The van der Waals surface area contributed by atoms with E-state index in [9.17, 15) is 0 Å². The Labute approximate surface area is 102 Å². The Morgan fingerprint density at radius 2 is 2.00 bits per heavy atom. The maximum atomic E-state index is 5.68. The second-order valence-electron chi connectivity index (χ2n) is 3.51. The third-order valence-electron chi connectivity index (χ3n) is 2.27. The molecule has 0 aliphatic heterocycles. The van der Waals surface area contributed by atoms with Crippen LogP contribution in [0.2, 0.25) is 0 Å². The molecule has 3 heterocycles. The van der Waals surface area contributed by atoms with Gasteiger partial charge in [-0.1, -0.05) is 0 Å². The fourth-order valence-electron chi connectivity index (χ4n) is 1.49. The first kappa shape index (κ1) is 10.3. The summed E-state index contributed by atoms with van der Waals surface area (Å²) >= 11 is 0.